The van der Waals surface area contributed by atoms with Crippen LogP contribution in [0.2, 0.25) is 0 Å². The molecule has 0 aliphatic heterocycles. The Labute approximate surface area is 405 Å². The van der Waals surface area contributed by atoms with Gasteiger partial charge in [0.05, 0.1) is 23.8 Å². The Morgan fingerprint density at radius 3 is 1.27 bits per heavy atom. The molecule has 1 unspecified atom stereocenters. The highest BCUT2D eigenvalue weighted by Gasteiger charge is 2.23. The van der Waals surface area contributed by atoms with Crippen LogP contribution in [0.25, 0.3) is 49.6 Å². The first-order valence-electron chi connectivity index (χ1n) is 21.1. The number of nitrogens with zero attached hydrogens (tertiary/aromatic N) is 9. The van der Waals surface area contributed by atoms with Crippen molar-refractivity contribution in [2.24, 2.45) is 15.3 Å². The van der Waals surface area contributed by atoms with Gasteiger partial charge in [-0.3, -0.25) is 0 Å². The molecule has 6 aromatic carbocycles. The van der Waals surface area contributed by atoms with Crippen LogP contribution in [0.15, 0.2) is 193 Å². The summed E-state index contributed by atoms with van der Waals surface area (Å²) in [5.74, 6) is 1.18. The summed E-state index contributed by atoms with van der Waals surface area (Å²) in [4.78, 5) is 8.09. The van der Waals surface area contributed by atoms with Crippen LogP contribution in [-0.2, 0) is 30.3 Å². The Morgan fingerprint density at radius 2 is 0.939 bits per heavy atom. The first-order chi connectivity index (χ1) is 32.0. The van der Waals surface area contributed by atoms with Crippen molar-refractivity contribution in [1.29, 1.82) is 0 Å². The lowest BCUT2D eigenvalue weighted by atomic mass is 9.98. The number of benzene rings is 6. The molecule has 1 atom stereocenters. The standard InChI is InChI=1S/C16H16S2.C11H15N3.C9H9Cl.2C9H9N3/c1-16(2,14-11-7-4-8-12-14)18-15(17)13-9-5-3-6-10-13;1-3-9(2)11-6-4-10(5-7-11)8-13-14-12;1-2-8-3-5-9(7-10)6-4-8;2*1-2-8-3-5-9(6-4-8)7-11-12-10/h3-12H,1-2H3;4-7,9H,3,8H2,1-2H3;2-6H,1,7H2;2*2-6H,1,7H2. The van der Waals surface area contributed by atoms with Crippen molar-refractivity contribution in [3.8, 4) is 0 Å². The second kappa shape index (κ2) is 32.8. The van der Waals surface area contributed by atoms with Gasteiger partial charge in [-0.15, -0.1) is 23.4 Å². The minimum absolute atomic E-state index is 0.00577. The normalized spacial score (nSPS) is 10.1. The van der Waals surface area contributed by atoms with E-state index in [4.69, 9.17) is 40.4 Å². The molecule has 0 saturated carbocycles. The fraction of sp³-hybridized carbons (Fsp3) is 0.204. The van der Waals surface area contributed by atoms with Gasteiger partial charge in [0.15, 0.2) is 0 Å². The van der Waals surface area contributed by atoms with Gasteiger partial charge >= 0.3 is 0 Å². The molecule has 0 spiro atoms. The molecule has 0 amide bonds. The van der Waals surface area contributed by atoms with Crippen LogP contribution in [0.1, 0.15) is 95.7 Å². The second-order valence-corrected chi connectivity index (χ2v) is 17.4. The Morgan fingerprint density at radius 1 is 0.591 bits per heavy atom. The number of thiocarbonyl (C=S) groups is 1. The van der Waals surface area contributed by atoms with E-state index >= 15 is 0 Å². The van der Waals surface area contributed by atoms with E-state index < -0.39 is 0 Å². The third-order valence-corrected chi connectivity index (χ3v) is 11.7. The van der Waals surface area contributed by atoms with Crippen molar-refractivity contribution in [3.63, 3.8) is 0 Å². The maximum Gasteiger partial charge on any atom is 0.0786 e. The molecule has 12 heteroatoms. The molecule has 0 N–H and O–H groups in total. The number of thioether (sulfide) groups is 1. The zero-order chi connectivity index (χ0) is 48.4. The van der Waals surface area contributed by atoms with E-state index in [0.717, 1.165) is 55.1 Å². The number of rotatable bonds is 15. The first kappa shape index (κ1) is 55.3. The summed E-state index contributed by atoms with van der Waals surface area (Å²) in [6, 6.07) is 52.4. The Kier molecular flexibility index (Phi) is 27.5. The van der Waals surface area contributed by atoms with Crippen molar-refractivity contribution in [2.45, 2.75) is 70.3 Å². The smallest absolute Gasteiger partial charge is 0.0786 e. The molecule has 338 valence electrons. The summed E-state index contributed by atoms with van der Waals surface area (Å²) in [5, 5.41) is 10.4. The highest BCUT2D eigenvalue weighted by Crippen LogP contribution is 2.38. The van der Waals surface area contributed by atoms with Crippen molar-refractivity contribution in [1.82, 2.24) is 0 Å². The molecule has 0 bridgehead atoms. The van der Waals surface area contributed by atoms with E-state index in [1.807, 2.05) is 115 Å². The van der Waals surface area contributed by atoms with Crippen LogP contribution < -0.4 is 0 Å². The average Bonchev–Trinajstić information content (AvgIpc) is 3.38. The lowest BCUT2D eigenvalue weighted by Crippen LogP contribution is -2.14. The van der Waals surface area contributed by atoms with Crippen LogP contribution in [0.5, 0.6) is 0 Å². The van der Waals surface area contributed by atoms with Crippen LogP contribution in [0, 0.1) is 0 Å². The lowest BCUT2D eigenvalue weighted by Gasteiger charge is -2.25. The molecule has 66 heavy (non-hydrogen) atoms. The highest BCUT2D eigenvalue weighted by molar-refractivity contribution is 8.24. The van der Waals surface area contributed by atoms with E-state index in [-0.39, 0.29) is 4.75 Å². The summed E-state index contributed by atoms with van der Waals surface area (Å²) in [6.07, 6.45) is 6.52. The molecule has 6 rings (SSSR count). The Hall–Kier alpha value is -6.80. The van der Waals surface area contributed by atoms with Gasteiger partial charge in [-0.05, 0) is 98.4 Å². The summed E-state index contributed by atoms with van der Waals surface area (Å²) >= 11 is 12.9. The summed E-state index contributed by atoms with van der Waals surface area (Å²) in [7, 11) is 0. The molecule has 6 aromatic rings. The SMILES string of the molecule is C=Cc1ccc(CCl)cc1.C=Cc1ccc(CN=[N+]=[N-])cc1.C=Cc1ccc(CN=[N+]=[N-])cc1.CC(C)(SC(=S)c1ccccc1)c1ccccc1.CCC(C)c1ccc(CN=[N+]=[N-])cc1. The van der Waals surface area contributed by atoms with Crippen LogP contribution in [0.3, 0.4) is 0 Å². The topological polar surface area (TPSA) is 146 Å². The summed E-state index contributed by atoms with van der Waals surface area (Å²) in [6.45, 7) is 21.0. The largest absolute Gasteiger partial charge is 0.122 e. The summed E-state index contributed by atoms with van der Waals surface area (Å²) in [5.41, 5.74) is 35.6. The number of alkyl halides is 1. The van der Waals surface area contributed by atoms with E-state index in [2.05, 4.69) is 126 Å². The maximum absolute atomic E-state index is 8.17. The molecular formula is C54H58ClN9S2. The second-order valence-electron chi connectivity index (χ2n) is 14.8. The van der Waals surface area contributed by atoms with Crippen LogP contribution >= 0.6 is 35.6 Å². The predicted molar refractivity (Wildman–Crippen MR) is 288 cm³/mol. The van der Waals surface area contributed by atoms with Crippen molar-refractivity contribution in [2.75, 3.05) is 0 Å². The van der Waals surface area contributed by atoms with E-state index in [1.54, 1.807) is 23.9 Å². The number of hydrogen-bond donors (Lipinski definition) is 0. The molecule has 0 saturated heterocycles. The monoisotopic (exact) mass is 931 g/mol. The van der Waals surface area contributed by atoms with Crippen molar-refractivity contribution >= 4 is 58.0 Å². The van der Waals surface area contributed by atoms with E-state index in [9.17, 15) is 0 Å². The van der Waals surface area contributed by atoms with Gasteiger partial charge in [-0.2, -0.15) is 0 Å². The molecule has 0 radical (unpaired) electrons. The highest BCUT2D eigenvalue weighted by atomic mass is 35.5. The zero-order valence-corrected chi connectivity index (χ0v) is 40.6. The molecule has 0 heterocycles. The minimum atomic E-state index is -0.00577. The first-order valence-corrected chi connectivity index (χ1v) is 22.9. The molecule has 0 aromatic heterocycles. The van der Waals surface area contributed by atoms with Crippen molar-refractivity contribution in [3.05, 3.63) is 264 Å². The third kappa shape index (κ3) is 22.2. The molecular weight excluding hydrogens is 874 g/mol. The molecule has 0 aliphatic carbocycles. The minimum Gasteiger partial charge on any atom is -0.122 e. The van der Waals surface area contributed by atoms with Gasteiger partial charge in [0.25, 0.3) is 0 Å². The van der Waals surface area contributed by atoms with E-state index in [0.29, 0.717) is 31.4 Å². The Bertz CT molecular complexity index is 2430. The maximum atomic E-state index is 8.17. The molecule has 0 fully saturated rings. The van der Waals surface area contributed by atoms with Gasteiger partial charge in [-0.1, -0.05) is 237 Å². The van der Waals surface area contributed by atoms with Crippen LogP contribution in [-0.4, -0.2) is 4.20 Å². The zero-order valence-electron chi connectivity index (χ0n) is 38.2. The summed E-state index contributed by atoms with van der Waals surface area (Å²) < 4.78 is 0.943. The third-order valence-electron chi connectivity index (χ3n) is 9.74. The van der Waals surface area contributed by atoms with Gasteiger partial charge in [0.2, 0.25) is 0 Å². The van der Waals surface area contributed by atoms with Gasteiger partial charge < -0.3 is 0 Å². The van der Waals surface area contributed by atoms with E-state index in [1.165, 1.54) is 11.1 Å². The van der Waals surface area contributed by atoms with Crippen molar-refractivity contribution < 1.29 is 0 Å². The van der Waals surface area contributed by atoms with Gasteiger partial charge in [0, 0.05) is 25.4 Å². The van der Waals surface area contributed by atoms with Crippen LogP contribution in [0.4, 0.5) is 0 Å². The fourth-order valence-electron chi connectivity index (χ4n) is 5.55. The number of halogens is 1. The molecule has 9 nitrogen and oxygen atoms in total. The lowest BCUT2D eigenvalue weighted by molar-refractivity contribution is 0.733. The average molecular weight is 933 g/mol. The quantitative estimate of drug-likeness (QED) is 0.0332. The molecule has 0 aliphatic rings. The van der Waals surface area contributed by atoms with Gasteiger partial charge in [-0.25, -0.2) is 0 Å². The number of hydrogen-bond acceptors (Lipinski definition) is 5. The fourth-order valence-corrected chi connectivity index (χ4v) is 7.46. The number of azide groups is 3. The Balaban J connectivity index is 0.000000288. The predicted octanol–water partition coefficient (Wildman–Crippen LogP) is 18.4. The van der Waals surface area contributed by atoms with Gasteiger partial charge in [0.1, 0.15) is 0 Å².